The highest BCUT2D eigenvalue weighted by atomic mass is 35.5. The van der Waals surface area contributed by atoms with Gasteiger partial charge in [-0.2, -0.15) is 44.8 Å². The van der Waals surface area contributed by atoms with Gasteiger partial charge in [0.25, 0.3) is 11.8 Å². The van der Waals surface area contributed by atoms with Crippen LogP contribution in [0.1, 0.15) is 120 Å². The molecule has 5 aliphatic rings. The lowest BCUT2D eigenvalue weighted by molar-refractivity contribution is -0.193. The maximum atomic E-state index is 16.7. The minimum atomic E-state index is -5.90. The summed E-state index contributed by atoms with van der Waals surface area (Å²) in [6.07, 6.45) is -16.1. The molecule has 5 atom stereocenters. The van der Waals surface area contributed by atoms with Crippen molar-refractivity contribution in [2.75, 3.05) is 88.8 Å². The van der Waals surface area contributed by atoms with Crippen LogP contribution in [0.2, 0.25) is 5.02 Å². The molecule has 0 spiro atoms. The number of amides is 5. The molecule has 34 heteroatoms. The number of piperazine rings is 2. The fraction of sp³-hybridized carbons (Fsp3) is 0.452. The van der Waals surface area contributed by atoms with Crippen LogP contribution in [-0.2, 0) is 58.7 Å². The number of halogens is 10. The van der Waals surface area contributed by atoms with Crippen molar-refractivity contribution in [3.8, 4) is 17.6 Å². The number of thiocarbonyl (C=S) groups is 2. The Kier molecular flexibility index (Phi) is 23.5. The van der Waals surface area contributed by atoms with E-state index in [2.05, 4.69) is 39.4 Å². The number of nitrogens with one attached hydrogen (secondary N) is 3. The first-order valence-electron chi connectivity index (χ1n) is 34.4. The minimum absolute atomic E-state index is 0.0374. The number of hydrogen-bond donors (Lipinski definition) is 3. The summed E-state index contributed by atoms with van der Waals surface area (Å²) in [5.41, 5.74) is -9.90. The number of carbonyl (C=O) groups is 7. The van der Waals surface area contributed by atoms with E-state index in [1.165, 1.54) is 41.8 Å². The predicted molar refractivity (Wildman–Crippen MR) is 389 cm³/mol. The van der Waals surface area contributed by atoms with Crippen LogP contribution in [0.15, 0.2) is 84.9 Å². The summed E-state index contributed by atoms with van der Waals surface area (Å²) in [6.45, 7) is 19.7. The van der Waals surface area contributed by atoms with Crippen LogP contribution in [0.4, 0.5) is 79.3 Å². The van der Waals surface area contributed by atoms with Gasteiger partial charge in [0, 0.05) is 91.9 Å². The van der Waals surface area contributed by atoms with E-state index in [1.807, 2.05) is 25.7 Å². The van der Waals surface area contributed by atoms with E-state index < -0.39 is 140 Å². The highest BCUT2D eigenvalue weighted by Gasteiger charge is 2.55. The molecule has 0 radical (unpaired) electrons. The number of nitriles is 1. The number of hydrogen-bond acceptors (Lipinski definition) is 18. The Balaban J connectivity index is 0.978. The second-order valence-electron chi connectivity index (χ2n) is 27.8. The molecule has 0 saturated carbocycles. The number of alkyl halides is 9. The van der Waals surface area contributed by atoms with Crippen molar-refractivity contribution in [1.82, 2.24) is 25.3 Å². The topological polar surface area (TPSA) is 233 Å². The second kappa shape index (κ2) is 31.3. The summed E-state index contributed by atoms with van der Waals surface area (Å²) in [4.78, 5) is 108. The van der Waals surface area contributed by atoms with Crippen LogP contribution in [0.25, 0.3) is 0 Å². The molecule has 1 unspecified atom stereocenters. The molecule has 5 saturated heterocycles. The lowest BCUT2D eigenvalue weighted by Crippen LogP contribution is -2.58. The zero-order valence-electron chi connectivity index (χ0n) is 59.9. The number of ether oxygens (including phenoxy) is 3. The van der Waals surface area contributed by atoms with E-state index in [9.17, 15) is 55.6 Å². The third kappa shape index (κ3) is 16.7. The molecule has 5 amide bonds. The van der Waals surface area contributed by atoms with Crippen molar-refractivity contribution in [1.29, 1.82) is 5.26 Å². The number of rotatable bonds is 21. The largest absolute Gasteiger partial charge is 0.492 e. The first-order chi connectivity index (χ1) is 50.1. The van der Waals surface area contributed by atoms with Crippen molar-refractivity contribution in [2.45, 2.75) is 155 Å². The quantitative estimate of drug-likeness (QED) is 0.0204. The number of imide groups is 1. The molecule has 0 aromatic heterocycles. The van der Waals surface area contributed by atoms with Crippen molar-refractivity contribution in [3.63, 3.8) is 0 Å². The lowest BCUT2D eigenvalue weighted by atomic mass is 9.98. The van der Waals surface area contributed by atoms with Gasteiger partial charge >= 0.3 is 30.5 Å². The van der Waals surface area contributed by atoms with Crippen LogP contribution < -0.4 is 49.9 Å². The SMILES string of the molecule is CCc1cc(N2C(=S)N(c3ccc(C(=O)OC(=O)C(F)(F)F)c(C(F)(F)F)c3N(C(=O)CN3C[C@@H](C)N(CCOc4ccc(N5C(=S)N(c6ccc(C#N)c(C(F)(F)F)c6)C(=O)C5(C)C)cc4CC)C[C@H]3C)c3cc(Cl)cc(NC4CCC(=O)NC4=O)c3)C(=O)C2(C)C)ccc1OCCN1C[C@@H](C)NC[C@H]1C. The molecule has 0 bridgehead atoms. The second-order valence-corrected chi connectivity index (χ2v) is 29.0. The van der Waals surface area contributed by atoms with Gasteiger partial charge < -0.3 is 34.6 Å². The molecule has 3 N–H and O–H groups in total. The molecule has 10 rings (SSSR count). The monoisotopic (exact) mass is 1550 g/mol. The summed E-state index contributed by atoms with van der Waals surface area (Å²) in [6, 6.07) is 17.3. The zero-order chi connectivity index (χ0) is 78.5. The van der Waals surface area contributed by atoms with Crippen LogP contribution in [0, 0.1) is 11.3 Å². The smallest absolute Gasteiger partial charge is 0.491 e. The normalized spacial score (nSPS) is 21.1. The van der Waals surface area contributed by atoms with Crippen molar-refractivity contribution < 1.29 is 87.3 Å². The van der Waals surface area contributed by atoms with Gasteiger partial charge in [0.1, 0.15) is 41.8 Å². The number of carbonyl (C=O) groups excluding carboxylic acids is 7. The number of anilines is 7. The van der Waals surface area contributed by atoms with E-state index in [0.717, 1.165) is 42.3 Å². The van der Waals surface area contributed by atoms with Crippen LogP contribution in [0.3, 0.4) is 0 Å². The van der Waals surface area contributed by atoms with Crippen LogP contribution in [0.5, 0.6) is 11.5 Å². The summed E-state index contributed by atoms with van der Waals surface area (Å²) in [5.74, 6) is -8.89. The molecule has 22 nitrogen and oxygen atoms in total. The fourth-order valence-electron chi connectivity index (χ4n) is 14.0. The summed E-state index contributed by atoms with van der Waals surface area (Å²) < 4.78 is 151. The van der Waals surface area contributed by atoms with Gasteiger partial charge in [0.2, 0.25) is 17.7 Å². The number of esters is 2. The molecule has 0 aliphatic carbocycles. The van der Waals surface area contributed by atoms with Crippen molar-refractivity contribution >= 4 is 128 Å². The molecule has 5 aromatic rings. The van der Waals surface area contributed by atoms with Crippen molar-refractivity contribution in [3.05, 3.63) is 123 Å². The van der Waals surface area contributed by atoms with Crippen LogP contribution >= 0.6 is 36.0 Å². The molecule has 107 heavy (non-hydrogen) atoms. The van der Waals surface area contributed by atoms with E-state index in [-0.39, 0.29) is 78.4 Å². The third-order valence-corrected chi connectivity index (χ3v) is 20.6. The molecular weight excluding hydrogens is 1480 g/mol. The number of benzene rings is 5. The highest BCUT2D eigenvalue weighted by molar-refractivity contribution is 7.81. The Hall–Kier alpha value is -9.04. The van der Waals surface area contributed by atoms with Gasteiger partial charge in [-0.3, -0.25) is 58.7 Å². The minimum Gasteiger partial charge on any atom is -0.492 e. The molecule has 5 heterocycles. The molecule has 572 valence electrons. The average molecular weight is 1550 g/mol. The highest BCUT2D eigenvalue weighted by Crippen LogP contribution is 2.51. The van der Waals surface area contributed by atoms with Gasteiger partial charge in [-0.1, -0.05) is 25.4 Å². The first-order valence-corrected chi connectivity index (χ1v) is 35.6. The predicted octanol–water partition coefficient (Wildman–Crippen LogP) is 11.9. The van der Waals surface area contributed by atoms with Crippen molar-refractivity contribution in [2.24, 2.45) is 0 Å². The van der Waals surface area contributed by atoms with Gasteiger partial charge in [-0.25, -0.2) is 9.59 Å². The third-order valence-electron chi connectivity index (χ3n) is 19.6. The molecular formula is C73H78ClF9N12O10S2. The van der Waals surface area contributed by atoms with E-state index in [1.54, 1.807) is 62.1 Å². The Bertz CT molecular complexity index is 4440. The maximum Gasteiger partial charge on any atom is 0.491 e. The Morgan fingerprint density at radius 2 is 1.24 bits per heavy atom. The number of nitrogens with zero attached hydrogens (tertiary/aromatic N) is 9. The van der Waals surface area contributed by atoms with Gasteiger partial charge in [0.05, 0.1) is 57.6 Å². The standard InChI is InChI=1S/C73H78ClF9N12O10S2/c1-11-43-27-49(94-67(106)92(64(100)69(94,7)8)48-14-13-45(33-84)53(32-48)71(75,76)77)15-20-57(43)104-26-24-89-36-42(6)90(37-41(89)5)38-59(97)91(51-30-46(74)29-47(31-51)86-54-18-22-58(96)87-62(54)98)61-55(19-17-52(60(61)72(78,79)80)63(99)105-66(102)73(81,82)83)93-65(101)70(9,10)95(68(93)107)50-16-21-56(44(12-2)28-50)103-25-23-88-35-39(3)85-34-40(88)4/h13-17,19-21,27-32,39-42,54,85-86H,11-12,18,22-26,34-38H2,1-10H3,(H,87,96,98)/t39-,40-,41-,42-,54?/m1/s1. The maximum absolute atomic E-state index is 16.7. The van der Waals surface area contributed by atoms with E-state index in [4.69, 9.17) is 45.5 Å². The zero-order valence-corrected chi connectivity index (χ0v) is 62.3. The fourth-order valence-corrected chi connectivity index (χ4v) is 15.3. The molecule has 5 aromatic carbocycles. The number of aryl methyl sites for hydroxylation is 2. The molecule has 5 fully saturated rings. The summed E-state index contributed by atoms with van der Waals surface area (Å²) in [5, 5.41) is 17.1. The van der Waals surface area contributed by atoms with Crippen LogP contribution in [-0.4, -0.2) is 173 Å². The Labute approximate surface area is 626 Å². The van der Waals surface area contributed by atoms with Gasteiger partial charge in [-0.05, 0) is 195 Å². The first kappa shape index (κ1) is 80.5. The van der Waals surface area contributed by atoms with Gasteiger partial charge in [-0.15, -0.1) is 0 Å². The van der Waals surface area contributed by atoms with E-state index in [0.29, 0.717) is 76.2 Å². The summed E-state index contributed by atoms with van der Waals surface area (Å²) >= 11 is 18.7. The lowest BCUT2D eigenvalue weighted by Gasteiger charge is -2.44. The molecule has 5 aliphatic heterocycles. The van der Waals surface area contributed by atoms with Gasteiger partial charge in [0.15, 0.2) is 10.2 Å². The van der Waals surface area contributed by atoms with E-state index >= 15 is 22.8 Å². The Morgan fingerprint density at radius 3 is 1.79 bits per heavy atom. The summed E-state index contributed by atoms with van der Waals surface area (Å²) in [7, 11) is 0. The Morgan fingerprint density at radius 1 is 0.692 bits per heavy atom. The number of piperidine rings is 1. The average Bonchev–Trinajstić information content (AvgIpc) is 1.62.